The van der Waals surface area contributed by atoms with E-state index in [9.17, 15) is 0 Å². The number of nitrogens with zero attached hydrogens (tertiary/aromatic N) is 1. The molecule has 0 radical (unpaired) electrons. The van der Waals surface area contributed by atoms with Crippen molar-refractivity contribution in [3.8, 4) is 0 Å². The molecule has 16 heavy (non-hydrogen) atoms. The standard InChI is InChI=1S/C14H21NO/c1-11(2)5-6-15-8-13-4-3-12(10-16)7-14(13)9-15/h3-4,7,11,16H,5-6,8-10H2,1-2H3. The van der Waals surface area contributed by atoms with Crippen LogP contribution in [-0.4, -0.2) is 16.6 Å². The largest absolute Gasteiger partial charge is 0.392 e. The van der Waals surface area contributed by atoms with Crippen LogP contribution in [0.1, 0.15) is 37.0 Å². The first-order chi connectivity index (χ1) is 7.69. The molecule has 0 atom stereocenters. The van der Waals surface area contributed by atoms with E-state index in [1.54, 1.807) is 0 Å². The van der Waals surface area contributed by atoms with E-state index in [0.29, 0.717) is 0 Å². The SMILES string of the molecule is CC(C)CCN1Cc2ccc(CO)cc2C1. The van der Waals surface area contributed by atoms with Gasteiger partial charge in [0.2, 0.25) is 0 Å². The van der Waals surface area contributed by atoms with Gasteiger partial charge in [0.15, 0.2) is 0 Å². The van der Waals surface area contributed by atoms with Gasteiger partial charge in [0, 0.05) is 13.1 Å². The highest BCUT2D eigenvalue weighted by molar-refractivity contribution is 5.34. The summed E-state index contributed by atoms with van der Waals surface area (Å²) in [4.78, 5) is 2.49. The molecule has 1 heterocycles. The van der Waals surface area contributed by atoms with Crippen LogP contribution in [0, 0.1) is 5.92 Å². The maximum absolute atomic E-state index is 9.10. The fourth-order valence-electron chi connectivity index (χ4n) is 2.22. The van der Waals surface area contributed by atoms with E-state index in [1.807, 2.05) is 6.07 Å². The van der Waals surface area contributed by atoms with Crippen LogP contribution in [0.15, 0.2) is 18.2 Å². The normalized spacial score (nSPS) is 15.8. The molecule has 1 aromatic carbocycles. The van der Waals surface area contributed by atoms with E-state index in [-0.39, 0.29) is 6.61 Å². The first kappa shape index (κ1) is 11.6. The zero-order chi connectivity index (χ0) is 11.5. The Morgan fingerprint density at radius 2 is 2.00 bits per heavy atom. The molecule has 0 saturated heterocycles. The summed E-state index contributed by atoms with van der Waals surface area (Å²) in [5.41, 5.74) is 3.86. The van der Waals surface area contributed by atoms with E-state index >= 15 is 0 Å². The minimum absolute atomic E-state index is 0.152. The molecule has 2 nitrogen and oxygen atoms in total. The summed E-state index contributed by atoms with van der Waals surface area (Å²) in [5, 5.41) is 9.10. The van der Waals surface area contributed by atoms with Crippen LogP contribution >= 0.6 is 0 Å². The third-order valence-corrected chi connectivity index (χ3v) is 3.26. The van der Waals surface area contributed by atoms with Crippen molar-refractivity contribution in [3.05, 3.63) is 34.9 Å². The monoisotopic (exact) mass is 219 g/mol. The van der Waals surface area contributed by atoms with Crippen molar-refractivity contribution in [2.24, 2.45) is 5.92 Å². The van der Waals surface area contributed by atoms with Gasteiger partial charge in [-0.1, -0.05) is 32.0 Å². The maximum atomic E-state index is 9.10. The second-order valence-corrected chi connectivity index (χ2v) is 5.15. The molecule has 1 aliphatic rings. The van der Waals surface area contributed by atoms with Crippen LogP contribution in [0.3, 0.4) is 0 Å². The summed E-state index contributed by atoms with van der Waals surface area (Å²) in [6.45, 7) is 8.00. The Morgan fingerprint density at radius 1 is 1.25 bits per heavy atom. The van der Waals surface area contributed by atoms with Crippen molar-refractivity contribution in [2.45, 2.75) is 40.0 Å². The molecule has 1 N–H and O–H groups in total. The van der Waals surface area contributed by atoms with Crippen LogP contribution < -0.4 is 0 Å². The second kappa shape index (κ2) is 4.98. The summed E-state index contributed by atoms with van der Waals surface area (Å²) in [6.07, 6.45) is 1.26. The Labute approximate surface area is 97.9 Å². The molecule has 2 rings (SSSR count). The van der Waals surface area contributed by atoms with Crippen LogP contribution in [0.5, 0.6) is 0 Å². The number of hydrogen-bond acceptors (Lipinski definition) is 2. The van der Waals surface area contributed by atoms with E-state index in [0.717, 1.165) is 24.6 Å². The molecule has 88 valence electrons. The molecule has 0 aromatic heterocycles. The zero-order valence-electron chi connectivity index (χ0n) is 10.2. The summed E-state index contributed by atoms with van der Waals surface area (Å²) in [5.74, 6) is 0.775. The highest BCUT2D eigenvalue weighted by atomic mass is 16.3. The highest BCUT2D eigenvalue weighted by Gasteiger charge is 2.18. The number of rotatable bonds is 4. The molecule has 0 bridgehead atoms. The lowest BCUT2D eigenvalue weighted by atomic mass is 10.1. The summed E-state index contributed by atoms with van der Waals surface area (Å²) in [7, 11) is 0. The van der Waals surface area contributed by atoms with Crippen molar-refractivity contribution in [3.63, 3.8) is 0 Å². The molecule has 0 amide bonds. The minimum atomic E-state index is 0.152. The van der Waals surface area contributed by atoms with E-state index in [1.165, 1.54) is 24.1 Å². The van der Waals surface area contributed by atoms with Crippen molar-refractivity contribution < 1.29 is 5.11 Å². The third-order valence-electron chi connectivity index (χ3n) is 3.26. The molecule has 0 saturated carbocycles. The Morgan fingerprint density at radius 3 is 2.69 bits per heavy atom. The lowest BCUT2D eigenvalue weighted by Crippen LogP contribution is -2.18. The number of aliphatic hydroxyl groups excluding tert-OH is 1. The van der Waals surface area contributed by atoms with Gasteiger partial charge in [0.1, 0.15) is 0 Å². The van der Waals surface area contributed by atoms with Crippen LogP contribution in [0.4, 0.5) is 0 Å². The van der Waals surface area contributed by atoms with Gasteiger partial charge in [-0.15, -0.1) is 0 Å². The Bertz CT molecular complexity index is 360. The van der Waals surface area contributed by atoms with Crippen molar-refractivity contribution in [1.82, 2.24) is 4.90 Å². The third kappa shape index (κ3) is 2.63. The topological polar surface area (TPSA) is 23.5 Å². The zero-order valence-corrected chi connectivity index (χ0v) is 10.2. The first-order valence-electron chi connectivity index (χ1n) is 6.13. The number of benzene rings is 1. The van der Waals surface area contributed by atoms with Gasteiger partial charge < -0.3 is 5.11 Å². The van der Waals surface area contributed by atoms with E-state index in [2.05, 4.69) is 30.9 Å². The van der Waals surface area contributed by atoms with Gasteiger partial charge >= 0.3 is 0 Å². The highest BCUT2D eigenvalue weighted by Crippen LogP contribution is 2.24. The van der Waals surface area contributed by atoms with Crippen LogP contribution in [-0.2, 0) is 19.7 Å². The number of fused-ring (bicyclic) bond motifs is 1. The predicted molar refractivity (Wildman–Crippen MR) is 65.9 cm³/mol. The maximum Gasteiger partial charge on any atom is 0.0681 e. The smallest absolute Gasteiger partial charge is 0.0681 e. The first-order valence-corrected chi connectivity index (χ1v) is 6.13. The fourth-order valence-corrected chi connectivity index (χ4v) is 2.22. The van der Waals surface area contributed by atoms with Gasteiger partial charge in [0.25, 0.3) is 0 Å². The molecule has 0 aliphatic carbocycles. The molecule has 2 heteroatoms. The predicted octanol–water partition coefficient (Wildman–Crippen LogP) is 2.54. The molecule has 0 fully saturated rings. The van der Waals surface area contributed by atoms with Gasteiger partial charge in [-0.05, 0) is 35.6 Å². The van der Waals surface area contributed by atoms with Crippen molar-refractivity contribution in [2.75, 3.05) is 6.54 Å². The van der Waals surface area contributed by atoms with Crippen LogP contribution in [0.25, 0.3) is 0 Å². The molecule has 1 aromatic rings. The van der Waals surface area contributed by atoms with Gasteiger partial charge in [-0.2, -0.15) is 0 Å². The lowest BCUT2D eigenvalue weighted by molar-refractivity contribution is 0.265. The molecular formula is C14H21NO. The van der Waals surface area contributed by atoms with Gasteiger partial charge in [-0.3, -0.25) is 4.90 Å². The average Bonchev–Trinajstić information content (AvgIpc) is 2.67. The second-order valence-electron chi connectivity index (χ2n) is 5.15. The van der Waals surface area contributed by atoms with E-state index < -0.39 is 0 Å². The Balaban J connectivity index is 1.98. The minimum Gasteiger partial charge on any atom is -0.392 e. The quantitative estimate of drug-likeness (QED) is 0.841. The van der Waals surface area contributed by atoms with Gasteiger partial charge in [-0.25, -0.2) is 0 Å². The Hall–Kier alpha value is -0.860. The number of hydrogen-bond donors (Lipinski definition) is 1. The summed E-state index contributed by atoms with van der Waals surface area (Å²) < 4.78 is 0. The summed E-state index contributed by atoms with van der Waals surface area (Å²) in [6, 6.07) is 6.34. The van der Waals surface area contributed by atoms with Crippen LogP contribution in [0.2, 0.25) is 0 Å². The molecular weight excluding hydrogens is 198 g/mol. The van der Waals surface area contributed by atoms with Crippen molar-refractivity contribution in [1.29, 1.82) is 0 Å². The van der Waals surface area contributed by atoms with Gasteiger partial charge in [0.05, 0.1) is 6.61 Å². The fraction of sp³-hybridized carbons (Fsp3) is 0.571. The lowest BCUT2D eigenvalue weighted by Gasteiger charge is -2.15. The Kier molecular flexibility index (Phi) is 3.62. The molecule has 1 aliphatic heterocycles. The summed E-state index contributed by atoms with van der Waals surface area (Å²) >= 11 is 0. The van der Waals surface area contributed by atoms with Crippen molar-refractivity contribution >= 4 is 0 Å². The number of aliphatic hydroxyl groups is 1. The average molecular weight is 219 g/mol. The molecule has 0 unspecified atom stereocenters. The molecule has 0 spiro atoms. The van der Waals surface area contributed by atoms with E-state index in [4.69, 9.17) is 5.11 Å².